The van der Waals surface area contributed by atoms with E-state index in [0.29, 0.717) is 23.8 Å². The van der Waals surface area contributed by atoms with Crippen LogP contribution >= 0.6 is 0 Å². The molecule has 6 heteroatoms. The summed E-state index contributed by atoms with van der Waals surface area (Å²) in [6.45, 7) is 12.2. The second-order valence-electron chi connectivity index (χ2n) is 8.67. The molecular formula is C31H34N6. The van der Waals surface area contributed by atoms with Crippen molar-refractivity contribution >= 4 is 17.2 Å². The van der Waals surface area contributed by atoms with Crippen LogP contribution in [0.25, 0.3) is 11.1 Å². The van der Waals surface area contributed by atoms with E-state index >= 15 is 0 Å². The molecule has 0 radical (unpaired) electrons. The molecule has 0 saturated carbocycles. The Morgan fingerprint density at radius 2 is 1.78 bits per heavy atom. The van der Waals surface area contributed by atoms with Gasteiger partial charge in [-0.2, -0.15) is 0 Å². The number of benzene rings is 2. The van der Waals surface area contributed by atoms with Crippen molar-refractivity contribution in [1.82, 2.24) is 4.98 Å². The van der Waals surface area contributed by atoms with Crippen molar-refractivity contribution in [3.05, 3.63) is 133 Å². The van der Waals surface area contributed by atoms with E-state index in [1.54, 1.807) is 18.5 Å². The number of aromatic nitrogens is 1. The van der Waals surface area contributed by atoms with Gasteiger partial charge in [0.2, 0.25) is 0 Å². The van der Waals surface area contributed by atoms with Crippen LogP contribution in [0.4, 0.5) is 5.69 Å². The van der Waals surface area contributed by atoms with Crippen LogP contribution in [0.2, 0.25) is 0 Å². The van der Waals surface area contributed by atoms with Gasteiger partial charge >= 0.3 is 0 Å². The first-order valence-electron chi connectivity index (χ1n) is 12.0. The van der Waals surface area contributed by atoms with Crippen LogP contribution in [0.5, 0.6) is 0 Å². The first kappa shape index (κ1) is 26.9. The Hall–Kier alpha value is -4.71. The van der Waals surface area contributed by atoms with E-state index in [2.05, 4.69) is 23.1 Å². The molecule has 0 aliphatic carbocycles. The van der Waals surface area contributed by atoms with E-state index < -0.39 is 0 Å². The summed E-state index contributed by atoms with van der Waals surface area (Å²) in [4.78, 5) is 14.0. The zero-order valence-electron chi connectivity index (χ0n) is 21.4. The molecule has 6 nitrogen and oxygen atoms in total. The predicted molar refractivity (Wildman–Crippen MR) is 157 cm³/mol. The maximum atomic E-state index is 6.59. The van der Waals surface area contributed by atoms with Crippen molar-refractivity contribution in [3.8, 4) is 11.1 Å². The zero-order valence-corrected chi connectivity index (χ0v) is 21.4. The van der Waals surface area contributed by atoms with Gasteiger partial charge in [-0.15, -0.1) is 0 Å². The molecule has 188 valence electrons. The average molecular weight is 491 g/mol. The number of aliphatic imine (C=N–C) groups is 2. The number of hydrogen-bond donors (Lipinski definition) is 3. The zero-order chi connectivity index (χ0) is 26.8. The SMILES string of the molecule is C=C(/C=C\C=C/N)CN=C(N)c1c(N=C(C)c2cncc(C(C)C(=C)N)c2)cccc1-c1ccccc1. The number of rotatable bonds is 10. The third-order valence-corrected chi connectivity index (χ3v) is 5.91. The van der Waals surface area contributed by atoms with Gasteiger partial charge in [-0.1, -0.05) is 74.7 Å². The lowest BCUT2D eigenvalue weighted by Gasteiger charge is -2.14. The summed E-state index contributed by atoms with van der Waals surface area (Å²) in [5.41, 5.74) is 25.4. The molecule has 6 N–H and O–H groups in total. The molecule has 1 atom stereocenters. The fraction of sp³-hybridized carbons (Fsp3) is 0.129. The number of amidine groups is 1. The normalized spacial score (nSPS) is 13.2. The Kier molecular flexibility index (Phi) is 9.33. The number of allylic oxidation sites excluding steroid dienone is 3. The molecule has 3 aromatic rings. The van der Waals surface area contributed by atoms with Crippen LogP contribution in [0.15, 0.2) is 126 Å². The molecule has 0 fully saturated rings. The van der Waals surface area contributed by atoms with Crippen molar-refractivity contribution < 1.29 is 0 Å². The number of nitrogens with zero attached hydrogens (tertiary/aromatic N) is 3. The first-order chi connectivity index (χ1) is 17.8. The summed E-state index contributed by atoms with van der Waals surface area (Å²) in [6, 6.07) is 18.0. The molecule has 0 aliphatic heterocycles. The molecule has 1 heterocycles. The van der Waals surface area contributed by atoms with Gasteiger partial charge < -0.3 is 17.2 Å². The Labute approximate surface area is 219 Å². The molecule has 0 bridgehead atoms. The lowest BCUT2D eigenvalue weighted by Crippen LogP contribution is -2.16. The van der Waals surface area contributed by atoms with Gasteiger partial charge in [0.1, 0.15) is 5.84 Å². The van der Waals surface area contributed by atoms with Crippen molar-refractivity contribution in [2.75, 3.05) is 6.54 Å². The minimum Gasteiger partial charge on any atom is -0.405 e. The number of nitrogens with two attached hydrogens (primary N) is 3. The van der Waals surface area contributed by atoms with E-state index in [1.165, 1.54) is 6.20 Å². The molecule has 37 heavy (non-hydrogen) atoms. The van der Waals surface area contributed by atoms with Gasteiger partial charge in [0.25, 0.3) is 0 Å². The summed E-state index contributed by atoms with van der Waals surface area (Å²) in [7, 11) is 0. The van der Waals surface area contributed by atoms with E-state index in [4.69, 9.17) is 22.2 Å². The Balaban J connectivity index is 2.08. The van der Waals surface area contributed by atoms with Gasteiger partial charge in [-0.05, 0) is 53.6 Å². The average Bonchev–Trinajstić information content (AvgIpc) is 2.91. The lowest BCUT2D eigenvalue weighted by atomic mass is 9.97. The third-order valence-electron chi connectivity index (χ3n) is 5.91. The molecule has 1 aromatic heterocycles. The molecule has 0 aliphatic rings. The summed E-state index contributed by atoms with van der Waals surface area (Å²) in [5, 5.41) is 0. The smallest absolute Gasteiger partial charge is 0.128 e. The minimum atomic E-state index is -0.0116. The van der Waals surface area contributed by atoms with E-state index in [9.17, 15) is 0 Å². The fourth-order valence-corrected chi connectivity index (χ4v) is 3.69. The Morgan fingerprint density at radius 3 is 2.49 bits per heavy atom. The Morgan fingerprint density at radius 1 is 1.03 bits per heavy atom. The van der Waals surface area contributed by atoms with Crippen LogP contribution in [0, 0.1) is 0 Å². The highest BCUT2D eigenvalue weighted by molar-refractivity contribution is 6.09. The summed E-state index contributed by atoms with van der Waals surface area (Å²) >= 11 is 0. The Bertz CT molecular complexity index is 1380. The molecule has 2 aromatic carbocycles. The van der Waals surface area contributed by atoms with Gasteiger partial charge in [-0.25, -0.2) is 0 Å². The minimum absolute atomic E-state index is 0.0116. The van der Waals surface area contributed by atoms with Crippen LogP contribution in [-0.4, -0.2) is 23.1 Å². The summed E-state index contributed by atoms with van der Waals surface area (Å²) in [5.74, 6) is 0.373. The molecule has 0 amide bonds. The largest absolute Gasteiger partial charge is 0.405 e. The fourth-order valence-electron chi connectivity index (χ4n) is 3.69. The highest BCUT2D eigenvalue weighted by Gasteiger charge is 2.15. The van der Waals surface area contributed by atoms with Crippen molar-refractivity contribution in [1.29, 1.82) is 0 Å². The number of pyridine rings is 1. The molecule has 1 unspecified atom stereocenters. The maximum absolute atomic E-state index is 6.59. The molecule has 3 rings (SSSR count). The second-order valence-corrected chi connectivity index (χ2v) is 8.67. The number of hydrogen-bond acceptors (Lipinski definition) is 5. The summed E-state index contributed by atoms with van der Waals surface area (Å²) in [6.07, 6.45) is 10.4. The quantitative estimate of drug-likeness (QED) is 0.190. The standard InChI is InChI=1S/C31H34N6/c1-21(11-8-9-16-32)18-36-31(34)30-28(25-12-6-5-7-13-25)14-10-15-29(30)37-24(4)27-17-26(19-35-20-27)22(2)23(3)33/h5-17,19-20,22H,1,3,18,32-33H2,2,4H3,(H2,34,36)/b11-8-,16-9-,37-24?. The molecule has 0 spiro atoms. The summed E-state index contributed by atoms with van der Waals surface area (Å²) < 4.78 is 0. The van der Waals surface area contributed by atoms with E-state index in [-0.39, 0.29) is 5.92 Å². The predicted octanol–water partition coefficient (Wildman–Crippen LogP) is 5.76. The van der Waals surface area contributed by atoms with Gasteiger partial charge in [0, 0.05) is 40.8 Å². The lowest BCUT2D eigenvalue weighted by molar-refractivity contribution is 0.874. The van der Waals surface area contributed by atoms with Crippen LogP contribution < -0.4 is 17.2 Å². The van der Waals surface area contributed by atoms with E-state index in [1.807, 2.05) is 80.6 Å². The van der Waals surface area contributed by atoms with Crippen molar-refractivity contribution in [2.45, 2.75) is 19.8 Å². The van der Waals surface area contributed by atoms with Gasteiger partial charge in [0.05, 0.1) is 12.2 Å². The maximum Gasteiger partial charge on any atom is 0.128 e. The van der Waals surface area contributed by atoms with Crippen LogP contribution in [0.1, 0.15) is 36.5 Å². The van der Waals surface area contributed by atoms with Crippen molar-refractivity contribution in [2.24, 2.45) is 27.2 Å². The highest BCUT2D eigenvalue weighted by Crippen LogP contribution is 2.32. The van der Waals surface area contributed by atoms with Crippen molar-refractivity contribution in [3.63, 3.8) is 0 Å². The second kappa shape index (κ2) is 12.8. The van der Waals surface area contributed by atoms with E-state index in [0.717, 1.165) is 39.1 Å². The first-order valence-corrected chi connectivity index (χ1v) is 12.0. The topological polar surface area (TPSA) is 116 Å². The van der Waals surface area contributed by atoms with Gasteiger partial charge in [-0.3, -0.25) is 15.0 Å². The third kappa shape index (κ3) is 7.15. The van der Waals surface area contributed by atoms with Crippen LogP contribution in [0.3, 0.4) is 0 Å². The van der Waals surface area contributed by atoms with Crippen LogP contribution in [-0.2, 0) is 0 Å². The highest BCUT2D eigenvalue weighted by atomic mass is 14.9. The monoisotopic (exact) mass is 490 g/mol. The molecular weight excluding hydrogens is 456 g/mol. The molecule has 0 saturated heterocycles. The van der Waals surface area contributed by atoms with Gasteiger partial charge in [0.15, 0.2) is 0 Å².